The minimum absolute atomic E-state index is 0.0465. The van der Waals surface area contributed by atoms with Crippen LogP contribution in [0.5, 0.6) is 5.75 Å². The Bertz CT molecular complexity index is 1070. The zero-order valence-corrected chi connectivity index (χ0v) is 21.1. The van der Waals surface area contributed by atoms with E-state index in [2.05, 4.69) is 30.0 Å². The lowest BCUT2D eigenvalue weighted by atomic mass is 9.47. The van der Waals surface area contributed by atoms with Crippen molar-refractivity contribution >= 4 is 17.5 Å². The van der Waals surface area contributed by atoms with Crippen molar-refractivity contribution in [3.8, 4) is 5.75 Å². The summed E-state index contributed by atoms with van der Waals surface area (Å²) in [6, 6.07) is 5.92. The predicted octanol–water partition coefficient (Wildman–Crippen LogP) is 6.17. The Morgan fingerprint density at radius 2 is 1.86 bits per heavy atom. The zero-order chi connectivity index (χ0) is 25.9. The van der Waals surface area contributed by atoms with Crippen molar-refractivity contribution in [1.82, 2.24) is 4.90 Å². The highest BCUT2D eigenvalue weighted by Crippen LogP contribution is 2.65. The number of benzene rings is 1. The molecule has 1 N–H and O–H groups in total. The monoisotopic (exact) mass is 504 g/mol. The Balaban J connectivity index is 1.35. The predicted molar refractivity (Wildman–Crippen MR) is 130 cm³/mol. The molecule has 5 rings (SSSR count). The van der Waals surface area contributed by atoms with Gasteiger partial charge in [-0.05, 0) is 86.8 Å². The number of anilines is 1. The standard InChI is InChI=1S/C28H35F3N2O3/c1-4-33-23-12-9-17-18-10-11-20(25(35)32-21-7-5-6-8-22(21)36-28(29,30)31)26(18,2)15-13-19(17)27(23,3)16-14-24(33)34/h5-8,14,16-20,23H,4,9-13,15H2,1-3H3,(H,32,35)/t17-,18-,19+,20?,23?,26-,27+/m0/s1. The van der Waals surface area contributed by atoms with Crippen molar-refractivity contribution in [1.29, 1.82) is 0 Å². The van der Waals surface area contributed by atoms with Crippen molar-refractivity contribution in [2.45, 2.75) is 71.7 Å². The van der Waals surface area contributed by atoms with E-state index in [4.69, 9.17) is 0 Å². The minimum atomic E-state index is -4.83. The van der Waals surface area contributed by atoms with Gasteiger partial charge in [0.05, 0.1) is 5.69 Å². The third-order valence-corrected chi connectivity index (χ3v) is 10.00. The minimum Gasteiger partial charge on any atom is -0.404 e. The first-order chi connectivity index (χ1) is 17.0. The van der Waals surface area contributed by atoms with Crippen LogP contribution in [0.25, 0.3) is 0 Å². The first-order valence-corrected chi connectivity index (χ1v) is 13.1. The Hall–Kier alpha value is -2.51. The number of ether oxygens (including phenoxy) is 1. The van der Waals surface area contributed by atoms with Crippen LogP contribution in [0, 0.1) is 34.5 Å². The number of halogens is 3. The van der Waals surface area contributed by atoms with Crippen LogP contribution >= 0.6 is 0 Å². The van der Waals surface area contributed by atoms with E-state index >= 15 is 0 Å². The van der Waals surface area contributed by atoms with Gasteiger partial charge in [-0.3, -0.25) is 9.59 Å². The smallest absolute Gasteiger partial charge is 0.404 e. The van der Waals surface area contributed by atoms with Gasteiger partial charge < -0.3 is 15.0 Å². The summed E-state index contributed by atoms with van der Waals surface area (Å²) < 4.78 is 42.7. The summed E-state index contributed by atoms with van der Waals surface area (Å²) in [6.07, 6.45) is 4.64. The molecular formula is C28H35F3N2O3. The number of alkyl halides is 3. The molecule has 2 amide bonds. The number of likely N-dealkylation sites (N-methyl/N-ethyl adjacent to an activating group) is 1. The van der Waals surface area contributed by atoms with Gasteiger partial charge in [0.25, 0.3) is 0 Å². The van der Waals surface area contributed by atoms with Gasteiger partial charge in [0.15, 0.2) is 5.75 Å². The quantitative estimate of drug-likeness (QED) is 0.534. The largest absolute Gasteiger partial charge is 0.573 e. The third-order valence-electron chi connectivity index (χ3n) is 10.00. The van der Waals surface area contributed by atoms with Crippen molar-refractivity contribution < 1.29 is 27.5 Å². The number of nitrogens with zero attached hydrogens (tertiary/aromatic N) is 1. The number of hydrogen-bond donors (Lipinski definition) is 1. The summed E-state index contributed by atoms with van der Waals surface area (Å²) >= 11 is 0. The topological polar surface area (TPSA) is 58.6 Å². The molecule has 1 aliphatic heterocycles. The zero-order valence-electron chi connectivity index (χ0n) is 21.1. The Kier molecular flexibility index (Phi) is 6.15. The van der Waals surface area contributed by atoms with Gasteiger partial charge in [0.1, 0.15) is 0 Å². The highest BCUT2D eigenvalue weighted by Gasteiger charge is 2.61. The molecule has 5 nitrogen and oxygen atoms in total. The molecule has 3 aliphatic carbocycles. The maximum absolute atomic E-state index is 13.5. The first-order valence-electron chi connectivity index (χ1n) is 13.1. The molecule has 3 saturated carbocycles. The van der Waals surface area contributed by atoms with E-state index in [1.165, 1.54) is 18.2 Å². The lowest BCUT2D eigenvalue weighted by Gasteiger charge is -2.60. The molecule has 0 spiro atoms. The summed E-state index contributed by atoms with van der Waals surface area (Å²) in [5.41, 5.74) is -0.222. The van der Waals surface area contributed by atoms with Gasteiger partial charge in [0.2, 0.25) is 11.8 Å². The third kappa shape index (κ3) is 4.01. The van der Waals surface area contributed by atoms with Crippen LogP contribution < -0.4 is 10.1 Å². The highest BCUT2D eigenvalue weighted by molar-refractivity contribution is 5.94. The molecule has 3 fully saturated rings. The maximum atomic E-state index is 13.5. The average molecular weight is 505 g/mol. The maximum Gasteiger partial charge on any atom is 0.573 e. The van der Waals surface area contributed by atoms with Gasteiger partial charge >= 0.3 is 6.36 Å². The number of hydrogen-bond acceptors (Lipinski definition) is 3. The number of rotatable bonds is 4. The van der Waals surface area contributed by atoms with E-state index in [1.54, 1.807) is 12.1 Å². The number of nitrogens with one attached hydrogen (secondary N) is 1. The van der Waals surface area contributed by atoms with Crippen LogP contribution in [0.4, 0.5) is 18.9 Å². The Morgan fingerprint density at radius 3 is 2.58 bits per heavy atom. The molecule has 196 valence electrons. The molecule has 0 aromatic heterocycles. The summed E-state index contributed by atoms with van der Waals surface area (Å²) in [4.78, 5) is 28.0. The first kappa shape index (κ1) is 25.2. The van der Waals surface area contributed by atoms with Crippen LogP contribution in [0.3, 0.4) is 0 Å². The molecule has 2 unspecified atom stereocenters. The van der Waals surface area contributed by atoms with Crippen LogP contribution in [0.2, 0.25) is 0 Å². The number of fused-ring (bicyclic) bond motifs is 5. The molecule has 1 aromatic rings. The van der Waals surface area contributed by atoms with E-state index in [0.717, 1.165) is 38.5 Å². The summed E-state index contributed by atoms with van der Waals surface area (Å²) in [7, 11) is 0. The SMILES string of the molecule is CCN1C(=O)C=C[C@@]2(C)C1CC[C@@H]1[C@H]2CC[C@]2(C)C(C(=O)Nc3ccccc3OC(F)(F)F)CC[C@@H]12. The van der Waals surface area contributed by atoms with Gasteiger partial charge in [-0.15, -0.1) is 13.2 Å². The van der Waals surface area contributed by atoms with E-state index in [0.29, 0.717) is 24.3 Å². The summed E-state index contributed by atoms with van der Waals surface area (Å²) in [5, 5.41) is 2.76. The van der Waals surface area contributed by atoms with Gasteiger partial charge in [-0.1, -0.05) is 32.1 Å². The lowest BCUT2D eigenvalue weighted by Crippen LogP contribution is -2.60. The molecule has 0 saturated heterocycles. The second-order valence-electron chi connectivity index (χ2n) is 11.5. The van der Waals surface area contributed by atoms with Gasteiger partial charge in [-0.25, -0.2) is 0 Å². The Labute approximate surface area is 210 Å². The Morgan fingerprint density at radius 1 is 1.11 bits per heavy atom. The molecule has 0 bridgehead atoms. The molecular weight excluding hydrogens is 469 g/mol. The van der Waals surface area contributed by atoms with E-state index in [1.807, 2.05) is 11.8 Å². The van der Waals surface area contributed by atoms with Crippen molar-refractivity contribution in [3.05, 3.63) is 36.4 Å². The second-order valence-corrected chi connectivity index (χ2v) is 11.5. The number of carbonyl (C=O) groups excluding carboxylic acids is 2. The summed E-state index contributed by atoms with van der Waals surface area (Å²) in [5.74, 6) is 0.530. The van der Waals surface area contributed by atoms with Crippen LogP contribution in [-0.4, -0.2) is 35.7 Å². The second kappa shape index (κ2) is 8.80. The fourth-order valence-corrected chi connectivity index (χ4v) is 8.41. The fourth-order valence-electron chi connectivity index (χ4n) is 8.41. The molecule has 0 radical (unpaired) electrons. The fraction of sp³-hybridized carbons (Fsp3) is 0.643. The van der Waals surface area contributed by atoms with E-state index in [-0.39, 0.29) is 40.3 Å². The molecule has 36 heavy (non-hydrogen) atoms. The summed E-state index contributed by atoms with van der Waals surface area (Å²) in [6.45, 7) is 7.26. The van der Waals surface area contributed by atoms with Gasteiger partial charge in [0, 0.05) is 23.9 Å². The lowest BCUT2D eigenvalue weighted by molar-refractivity contribution is -0.274. The number of para-hydroxylation sites is 2. The van der Waals surface area contributed by atoms with E-state index in [9.17, 15) is 22.8 Å². The van der Waals surface area contributed by atoms with Crippen LogP contribution in [0.1, 0.15) is 59.3 Å². The highest BCUT2D eigenvalue weighted by atomic mass is 19.4. The number of amides is 2. The van der Waals surface area contributed by atoms with Crippen molar-refractivity contribution in [2.24, 2.45) is 34.5 Å². The molecule has 7 atom stereocenters. The van der Waals surface area contributed by atoms with Crippen LogP contribution in [-0.2, 0) is 9.59 Å². The van der Waals surface area contributed by atoms with Crippen LogP contribution in [0.15, 0.2) is 36.4 Å². The average Bonchev–Trinajstić information content (AvgIpc) is 3.17. The molecule has 1 heterocycles. The van der Waals surface area contributed by atoms with Gasteiger partial charge in [-0.2, -0.15) is 0 Å². The molecule has 8 heteroatoms. The van der Waals surface area contributed by atoms with Crippen molar-refractivity contribution in [3.63, 3.8) is 0 Å². The van der Waals surface area contributed by atoms with E-state index < -0.39 is 12.1 Å². The van der Waals surface area contributed by atoms with Crippen molar-refractivity contribution in [2.75, 3.05) is 11.9 Å². The molecule has 4 aliphatic rings. The normalized spacial score (nSPS) is 37.7. The molecule has 1 aromatic carbocycles. The number of carbonyl (C=O) groups is 2.